The van der Waals surface area contributed by atoms with Crippen LogP contribution in [0.4, 0.5) is 0 Å². The molecule has 5 heteroatoms. The second-order valence-electron chi connectivity index (χ2n) is 3.81. The van der Waals surface area contributed by atoms with Gasteiger partial charge in [-0.15, -0.1) is 0 Å². The summed E-state index contributed by atoms with van der Waals surface area (Å²) in [4.78, 5) is 28.1. The fourth-order valence-corrected chi connectivity index (χ4v) is 3.32. The third-order valence-electron chi connectivity index (χ3n) is 3.05. The van der Waals surface area contributed by atoms with Crippen molar-refractivity contribution in [2.24, 2.45) is 15.9 Å². The van der Waals surface area contributed by atoms with Crippen LogP contribution in [0.2, 0.25) is 0 Å². The number of carbonyl (C=O) groups excluding carboxylic acids is 2. The number of halogens is 1. The van der Waals surface area contributed by atoms with E-state index in [0.29, 0.717) is 6.54 Å². The lowest BCUT2D eigenvalue weighted by atomic mass is 9.74. The standard InChI is InChI=1S/C10H13IN2O2/c11-6-10(13-8-15)4-2-1-3-9(10)5-12-7-14/h9H,1-6H2. The molecule has 4 nitrogen and oxygen atoms in total. The van der Waals surface area contributed by atoms with Crippen molar-refractivity contribution in [3.8, 4) is 0 Å². The van der Waals surface area contributed by atoms with Crippen molar-refractivity contribution in [1.29, 1.82) is 0 Å². The Morgan fingerprint density at radius 1 is 1.33 bits per heavy atom. The Bertz CT molecular complexity index is 309. The van der Waals surface area contributed by atoms with Gasteiger partial charge in [0, 0.05) is 10.3 Å². The van der Waals surface area contributed by atoms with Crippen molar-refractivity contribution in [2.75, 3.05) is 11.0 Å². The molecule has 0 spiro atoms. The highest BCUT2D eigenvalue weighted by atomic mass is 127. The Labute approximate surface area is 102 Å². The van der Waals surface area contributed by atoms with Gasteiger partial charge in [0.15, 0.2) is 0 Å². The van der Waals surface area contributed by atoms with Crippen LogP contribution in [0.15, 0.2) is 9.98 Å². The Morgan fingerprint density at radius 2 is 2.13 bits per heavy atom. The van der Waals surface area contributed by atoms with E-state index in [1.54, 1.807) is 12.2 Å². The van der Waals surface area contributed by atoms with Crippen LogP contribution >= 0.6 is 22.6 Å². The van der Waals surface area contributed by atoms with Gasteiger partial charge in [-0.05, 0) is 12.8 Å². The van der Waals surface area contributed by atoms with E-state index in [1.165, 1.54) is 0 Å². The minimum Gasteiger partial charge on any atom is -0.211 e. The topological polar surface area (TPSA) is 58.9 Å². The quantitative estimate of drug-likeness (QED) is 0.344. The Hall–Kier alpha value is -0.510. The summed E-state index contributed by atoms with van der Waals surface area (Å²) in [6, 6.07) is 0. The first kappa shape index (κ1) is 12.6. The molecule has 0 saturated heterocycles. The Morgan fingerprint density at radius 3 is 2.73 bits per heavy atom. The minimum absolute atomic E-state index is 0.186. The van der Waals surface area contributed by atoms with Crippen LogP contribution in [0.5, 0.6) is 0 Å². The second kappa shape index (κ2) is 6.16. The highest BCUT2D eigenvalue weighted by Gasteiger charge is 2.39. The van der Waals surface area contributed by atoms with Crippen LogP contribution < -0.4 is 0 Å². The third kappa shape index (κ3) is 2.97. The molecule has 1 aliphatic carbocycles. The van der Waals surface area contributed by atoms with Gasteiger partial charge < -0.3 is 0 Å². The second-order valence-corrected chi connectivity index (χ2v) is 4.58. The molecule has 0 bridgehead atoms. The van der Waals surface area contributed by atoms with Gasteiger partial charge in [-0.2, -0.15) is 4.99 Å². The van der Waals surface area contributed by atoms with Crippen molar-refractivity contribution in [1.82, 2.24) is 0 Å². The van der Waals surface area contributed by atoms with E-state index in [4.69, 9.17) is 0 Å². The summed E-state index contributed by atoms with van der Waals surface area (Å²) >= 11 is 2.24. The van der Waals surface area contributed by atoms with Crippen molar-refractivity contribution in [3.05, 3.63) is 0 Å². The molecule has 1 saturated carbocycles. The van der Waals surface area contributed by atoms with E-state index in [2.05, 4.69) is 32.6 Å². The van der Waals surface area contributed by atoms with Gasteiger partial charge >= 0.3 is 0 Å². The van der Waals surface area contributed by atoms with Crippen molar-refractivity contribution in [2.45, 2.75) is 31.2 Å². The summed E-state index contributed by atoms with van der Waals surface area (Å²) in [6.07, 6.45) is 7.28. The maximum absolute atomic E-state index is 10.5. The van der Waals surface area contributed by atoms with Gasteiger partial charge in [-0.3, -0.25) is 0 Å². The zero-order valence-corrected chi connectivity index (χ0v) is 10.6. The van der Waals surface area contributed by atoms with Crippen LogP contribution in [0, 0.1) is 5.92 Å². The molecule has 2 unspecified atom stereocenters. The average molecular weight is 320 g/mol. The molecule has 15 heavy (non-hydrogen) atoms. The average Bonchev–Trinajstić information content (AvgIpc) is 2.28. The molecule has 82 valence electrons. The first-order valence-corrected chi connectivity index (χ1v) is 6.50. The number of alkyl halides is 1. The monoisotopic (exact) mass is 320 g/mol. The molecule has 1 rings (SSSR count). The van der Waals surface area contributed by atoms with Crippen LogP contribution in [0.25, 0.3) is 0 Å². The lowest BCUT2D eigenvalue weighted by molar-refractivity contribution is 0.225. The van der Waals surface area contributed by atoms with E-state index >= 15 is 0 Å². The lowest BCUT2D eigenvalue weighted by Gasteiger charge is -2.37. The zero-order chi connectivity index (χ0) is 11.1. The first-order chi connectivity index (χ1) is 7.29. The molecule has 0 radical (unpaired) electrons. The molecule has 1 fully saturated rings. The van der Waals surface area contributed by atoms with E-state index in [-0.39, 0.29) is 11.5 Å². The Balaban J connectivity index is 2.86. The highest BCUT2D eigenvalue weighted by molar-refractivity contribution is 14.1. The number of rotatable bonds is 4. The molecular formula is C10H13IN2O2. The summed E-state index contributed by atoms with van der Waals surface area (Å²) in [5, 5.41) is 0. The highest BCUT2D eigenvalue weighted by Crippen LogP contribution is 2.38. The van der Waals surface area contributed by atoms with Crippen molar-refractivity contribution < 1.29 is 9.59 Å². The third-order valence-corrected chi connectivity index (χ3v) is 4.37. The molecule has 0 aliphatic heterocycles. The number of aliphatic imine (C=N–C) groups is 2. The summed E-state index contributed by atoms with van der Waals surface area (Å²) in [5.41, 5.74) is -0.346. The van der Waals surface area contributed by atoms with Gasteiger partial charge in [0.2, 0.25) is 12.2 Å². The van der Waals surface area contributed by atoms with Crippen molar-refractivity contribution >= 4 is 34.8 Å². The first-order valence-electron chi connectivity index (χ1n) is 4.97. The van der Waals surface area contributed by atoms with Crippen LogP contribution in [0.1, 0.15) is 25.7 Å². The van der Waals surface area contributed by atoms with E-state index < -0.39 is 0 Å². The van der Waals surface area contributed by atoms with Gasteiger partial charge in [0.25, 0.3) is 0 Å². The number of hydrogen-bond donors (Lipinski definition) is 0. The van der Waals surface area contributed by atoms with Gasteiger partial charge in [0.05, 0.1) is 12.1 Å². The largest absolute Gasteiger partial charge is 0.235 e. The molecule has 0 N–H and O–H groups in total. The molecule has 0 aromatic rings. The van der Waals surface area contributed by atoms with Crippen LogP contribution in [0.3, 0.4) is 0 Å². The number of hydrogen-bond acceptors (Lipinski definition) is 4. The van der Waals surface area contributed by atoms with Crippen LogP contribution in [-0.2, 0) is 9.59 Å². The molecular weight excluding hydrogens is 307 g/mol. The van der Waals surface area contributed by atoms with Gasteiger partial charge in [0.1, 0.15) is 0 Å². The maximum atomic E-state index is 10.5. The number of nitrogens with zero attached hydrogens (tertiary/aromatic N) is 2. The fraction of sp³-hybridized carbons (Fsp3) is 0.800. The van der Waals surface area contributed by atoms with E-state index in [0.717, 1.165) is 30.1 Å². The maximum Gasteiger partial charge on any atom is 0.235 e. The molecule has 0 amide bonds. The van der Waals surface area contributed by atoms with Crippen LogP contribution in [-0.4, -0.2) is 28.7 Å². The van der Waals surface area contributed by atoms with E-state index in [9.17, 15) is 9.59 Å². The minimum atomic E-state index is -0.346. The molecule has 1 aliphatic rings. The summed E-state index contributed by atoms with van der Waals surface area (Å²) in [7, 11) is 0. The summed E-state index contributed by atoms with van der Waals surface area (Å²) < 4.78 is 0.777. The lowest BCUT2D eigenvalue weighted by Crippen LogP contribution is -2.42. The normalized spacial score (nSPS) is 30.1. The predicted octanol–water partition coefficient (Wildman–Crippen LogP) is 2.02. The summed E-state index contributed by atoms with van der Waals surface area (Å²) in [5.74, 6) is 0.186. The molecule has 0 aromatic carbocycles. The smallest absolute Gasteiger partial charge is 0.211 e. The molecule has 2 atom stereocenters. The predicted molar refractivity (Wildman–Crippen MR) is 64.7 cm³/mol. The Kier molecular flexibility index (Phi) is 5.15. The number of isocyanates is 2. The zero-order valence-electron chi connectivity index (χ0n) is 8.41. The fourth-order valence-electron chi connectivity index (χ4n) is 2.15. The molecule has 0 heterocycles. The molecule has 0 aromatic heterocycles. The SMILES string of the molecule is O=C=NCC1CCCCC1(CI)N=C=O. The van der Waals surface area contributed by atoms with Gasteiger partial charge in [-0.1, -0.05) is 35.4 Å². The van der Waals surface area contributed by atoms with E-state index in [1.807, 2.05) is 0 Å². The van der Waals surface area contributed by atoms with Crippen molar-refractivity contribution in [3.63, 3.8) is 0 Å². The summed E-state index contributed by atoms with van der Waals surface area (Å²) in [6.45, 7) is 0.428. The van der Waals surface area contributed by atoms with Gasteiger partial charge in [-0.25, -0.2) is 14.6 Å².